The van der Waals surface area contributed by atoms with Crippen molar-refractivity contribution >= 4 is 23.4 Å². The van der Waals surface area contributed by atoms with Crippen molar-refractivity contribution in [2.45, 2.75) is 25.8 Å². The molecule has 4 rings (SSSR count). The predicted octanol–water partition coefficient (Wildman–Crippen LogP) is 3.76. The van der Waals surface area contributed by atoms with Crippen LogP contribution in [0.25, 0.3) is 0 Å². The lowest BCUT2D eigenvalue weighted by Crippen LogP contribution is -2.46. The van der Waals surface area contributed by atoms with Gasteiger partial charge in [0.25, 0.3) is 0 Å². The van der Waals surface area contributed by atoms with E-state index in [1.807, 2.05) is 42.5 Å². The fourth-order valence-corrected chi connectivity index (χ4v) is 3.80. The van der Waals surface area contributed by atoms with Gasteiger partial charge in [-0.1, -0.05) is 30.4 Å². The number of rotatable bonds is 5. The van der Waals surface area contributed by atoms with E-state index < -0.39 is 11.9 Å². The minimum atomic E-state index is -0.860. The van der Waals surface area contributed by atoms with E-state index in [0.717, 1.165) is 10.6 Å². The van der Waals surface area contributed by atoms with Crippen molar-refractivity contribution in [3.63, 3.8) is 0 Å². The molecule has 1 N–H and O–H groups in total. The molecule has 1 aliphatic carbocycles. The summed E-state index contributed by atoms with van der Waals surface area (Å²) >= 11 is 0. The number of likely N-dealkylation sites (tertiary alicyclic amines) is 1. The van der Waals surface area contributed by atoms with E-state index in [1.54, 1.807) is 31.2 Å². The molecule has 1 saturated heterocycles. The summed E-state index contributed by atoms with van der Waals surface area (Å²) in [4.78, 5) is 39.1. The van der Waals surface area contributed by atoms with E-state index in [9.17, 15) is 14.4 Å². The van der Waals surface area contributed by atoms with Crippen LogP contribution in [0.4, 0.5) is 5.69 Å². The number of anilines is 1. The highest BCUT2D eigenvalue weighted by atomic mass is 16.5. The number of carbonyl (C=O) groups is 3. The van der Waals surface area contributed by atoms with E-state index in [1.165, 1.54) is 0 Å². The van der Waals surface area contributed by atoms with Crippen LogP contribution < -0.4 is 10.1 Å². The van der Waals surface area contributed by atoms with Gasteiger partial charge in [-0.25, -0.2) is 0 Å². The lowest BCUT2D eigenvalue weighted by molar-refractivity contribution is -0.146. The summed E-state index contributed by atoms with van der Waals surface area (Å²) in [5.41, 5.74) is 0.570. The minimum absolute atomic E-state index is 0.251. The van der Waals surface area contributed by atoms with Crippen molar-refractivity contribution in [3.05, 3.63) is 66.7 Å². The number of imide groups is 1. The first-order valence-electron chi connectivity index (χ1n) is 9.70. The maximum absolute atomic E-state index is 12.7. The molecule has 0 spiro atoms. The molecule has 3 atom stereocenters. The molecule has 0 unspecified atom stereocenters. The lowest BCUT2D eigenvalue weighted by atomic mass is 9.85. The monoisotopic (exact) mass is 390 g/mol. The Kier molecular flexibility index (Phi) is 5.16. The Morgan fingerprint density at radius 3 is 2.07 bits per heavy atom. The molecule has 2 aromatic carbocycles. The zero-order chi connectivity index (χ0) is 20.4. The van der Waals surface area contributed by atoms with Gasteiger partial charge in [0.15, 0.2) is 0 Å². The summed E-state index contributed by atoms with van der Waals surface area (Å²) in [5, 5.41) is 2.78. The maximum Gasteiger partial charge on any atom is 0.247 e. The number of benzene rings is 2. The van der Waals surface area contributed by atoms with Gasteiger partial charge in [0.1, 0.15) is 17.5 Å². The molecular weight excluding hydrogens is 368 g/mol. The first kappa shape index (κ1) is 18.9. The van der Waals surface area contributed by atoms with Crippen LogP contribution in [0.2, 0.25) is 0 Å². The summed E-state index contributed by atoms with van der Waals surface area (Å²) in [6, 6.07) is 15.5. The third-order valence-electron chi connectivity index (χ3n) is 5.41. The highest BCUT2D eigenvalue weighted by Crippen LogP contribution is 2.36. The third-order valence-corrected chi connectivity index (χ3v) is 5.41. The molecule has 148 valence electrons. The summed E-state index contributed by atoms with van der Waals surface area (Å²) in [6.45, 7) is 1.59. The van der Waals surface area contributed by atoms with Gasteiger partial charge in [-0.15, -0.1) is 0 Å². The molecule has 2 aliphatic rings. The Bertz CT molecular complexity index is 927. The molecular formula is C23H22N2O4. The normalized spacial score (nSPS) is 21.6. The Morgan fingerprint density at radius 1 is 0.931 bits per heavy atom. The zero-order valence-electron chi connectivity index (χ0n) is 16.1. The van der Waals surface area contributed by atoms with Gasteiger partial charge in [0.2, 0.25) is 17.7 Å². The van der Waals surface area contributed by atoms with Gasteiger partial charge in [-0.2, -0.15) is 0 Å². The summed E-state index contributed by atoms with van der Waals surface area (Å²) in [6.07, 6.45) is 4.98. The average molecular weight is 390 g/mol. The molecule has 6 heteroatoms. The van der Waals surface area contributed by atoms with E-state index in [4.69, 9.17) is 4.74 Å². The Hall–Kier alpha value is -3.41. The predicted molar refractivity (Wildman–Crippen MR) is 108 cm³/mol. The highest BCUT2D eigenvalue weighted by molar-refractivity contribution is 6.10. The second kappa shape index (κ2) is 7.91. The van der Waals surface area contributed by atoms with Gasteiger partial charge >= 0.3 is 0 Å². The van der Waals surface area contributed by atoms with Crippen LogP contribution in [0.3, 0.4) is 0 Å². The molecule has 2 aromatic rings. The van der Waals surface area contributed by atoms with Crippen LogP contribution >= 0.6 is 0 Å². The fraction of sp³-hybridized carbons (Fsp3) is 0.261. The number of para-hydroxylation sites is 1. The summed E-state index contributed by atoms with van der Waals surface area (Å²) in [5.74, 6) is -0.203. The molecule has 1 heterocycles. The van der Waals surface area contributed by atoms with Gasteiger partial charge in [0.05, 0.1) is 11.8 Å². The maximum atomic E-state index is 12.7. The topological polar surface area (TPSA) is 75.7 Å². The molecule has 0 saturated carbocycles. The summed E-state index contributed by atoms with van der Waals surface area (Å²) in [7, 11) is 0. The first-order valence-corrected chi connectivity index (χ1v) is 9.70. The molecule has 0 radical (unpaired) electrons. The molecule has 0 aromatic heterocycles. The molecule has 29 heavy (non-hydrogen) atoms. The quantitative estimate of drug-likeness (QED) is 0.623. The van der Waals surface area contributed by atoms with Gasteiger partial charge in [-0.3, -0.25) is 19.3 Å². The molecule has 3 amide bonds. The number of allylic oxidation sites excluding steroid dienone is 2. The standard InChI is InChI=1S/C23H22N2O4/c1-15(25-22(27)19-9-5-6-10-20(19)23(25)28)21(26)24-16-11-13-18(14-12-16)29-17-7-3-2-4-8-17/h2-8,11-15,19-20H,9-10H2,1H3,(H,24,26)/t15-,19-,20+/m0/s1. The van der Waals surface area contributed by atoms with Crippen molar-refractivity contribution in [1.82, 2.24) is 4.90 Å². The zero-order valence-corrected chi connectivity index (χ0v) is 16.1. The van der Waals surface area contributed by atoms with Crippen LogP contribution in [0.5, 0.6) is 11.5 Å². The lowest BCUT2D eigenvalue weighted by Gasteiger charge is -2.22. The molecule has 1 aliphatic heterocycles. The van der Waals surface area contributed by atoms with Crippen molar-refractivity contribution in [3.8, 4) is 11.5 Å². The van der Waals surface area contributed by atoms with Crippen LogP contribution in [-0.2, 0) is 14.4 Å². The van der Waals surface area contributed by atoms with Crippen molar-refractivity contribution in [1.29, 1.82) is 0 Å². The van der Waals surface area contributed by atoms with E-state index in [-0.39, 0.29) is 23.7 Å². The molecule has 6 nitrogen and oxygen atoms in total. The van der Waals surface area contributed by atoms with Crippen LogP contribution in [-0.4, -0.2) is 28.7 Å². The number of hydrogen-bond donors (Lipinski definition) is 1. The summed E-state index contributed by atoms with van der Waals surface area (Å²) < 4.78 is 5.73. The largest absolute Gasteiger partial charge is 0.457 e. The Labute approximate surface area is 169 Å². The SMILES string of the molecule is C[C@@H](C(=O)Nc1ccc(Oc2ccccc2)cc1)N1C(=O)[C@H]2CC=CC[C@H]2C1=O. The molecule has 0 bridgehead atoms. The van der Waals surface area contributed by atoms with E-state index in [2.05, 4.69) is 5.32 Å². The second-order valence-corrected chi connectivity index (χ2v) is 7.31. The smallest absolute Gasteiger partial charge is 0.247 e. The van der Waals surface area contributed by atoms with Crippen LogP contribution in [0.1, 0.15) is 19.8 Å². The number of nitrogens with one attached hydrogen (secondary N) is 1. The third kappa shape index (κ3) is 3.78. The molecule has 1 fully saturated rings. The second-order valence-electron chi connectivity index (χ2n) is 7.31. The number of nitrogens with zero attached hydrogens (tertiary/aromatic N) is 1. The van der Waals surface area contributed by atoms with Crippen LogP contribution in [0, 0.1) is 11.8 Å². The van der Waals surface area contributed by atoms with Crippen LogP contribution in [0.15, 0.2) is 66.7 Å². The van der Waals surface area contributed by atoms with Gasteiger partial charge in [0, 0.05) is 5.69 Å². The number of carbonyl (C=O) groups excluding carboxylic acids is 3. The number of ether oxygens (including phenoxy) is 1. The highest BCUT2D eigenvalue weighted by Gasteiger charge is 2.50. The van der Waals surface area contributed by atoms with Gasteiger partial charge in [-0.05, 0) is 56.2 Å². The number of hydrogen-bond acceptors (Lipinski definition) is 4. The van der Waals surface area contributed by atoms with Crippen molar-refractivity contribution < 1.29 is 19.1 Å². The number of amides is 3. The van der Waals surface area contributed by atoms with Gasteiger partial charge < -0.3 is 10.1 Å². The van der Waals surface area contributed by atoms with E-state index in [0.29, 0.717) is 24.3 Å². The number of fused-ring (bicyclic) bond motifs is 1. The minimum Gasteiger partial charge on any atom is -0.457 e. The average Bonchev–Trinajstić information content (AvgIpc) is 3.00. The Balaban J connectivity index is 1.40. The first-order chi connectivity index (χ1) is 14.0. The Morgan fingerprint density at radius 2 is 1.48 bits per heavy atom. The van der Waals surface area contributed by atoms with Crippen molar-refractivity contribution in [2.24, 2.45) is 11.8 Å². The van der Waals surface area contributed by atoms with Crippen molar-refractivity contribution in [2.75, 3.05) is 5.32 Å². The van der Waals surface area contributed by atoms with E-state index >= 15 is 0 Å². The fourth-order valence-electron chi connectivity index (χ4n) is 3.80.